The zero-order valence-corrected chi connectivity index (χ0v) is 7.71. The van der Waals surface area contributed by atoms with Crippen LogP contribution in [0.4, 0.5) is 0 Å². The van der Waals surface area contributed by atoms with Crippen LogP contribution in [-0.2, 0) is 0 Å². The predicted octanol–water partition coefficient (Wildman–Crippen LogP) is 1.21. The van der Waals surface area contributed by atoms with Gasteiger partial charge in [-0.3, -0.25) is 4.90 Å². The van der Waals surface area contributed by atoms with Crippen molar-refractivity contribution in [3.63, 3.8) is 0 Å². The summed E-state index contributed by atoms with van der Waals surface area (Å²) in [5, 5.41) is 0. The predicted molar refractivity (Wildman–Crippen MR) is 48.5 cm³/mol. The van der Waals surface area contributed by atoms with E-state index in [9.17, 15) is 0 Å². The van der Waals surface area contributed by atoms with E-state index in [1.165, 1.54) is 25.8 Å². The van der Waals surface area contributed by atoms with Gasteiger partial charge in [0.1, 0.15) is 0 Å². The van der Waals surface area contributed by atoms with E-state index in [2.05, 4.69) is 18.7 Å². The van der Waals surface area contributed by atoms with Crippen molar-refractivity contribution in [2.24, 2.45) is 5.73 Å². The van der Waals surface area contributed by atoms with Crippen molar-refractivity contribution in [2.75, 3.05) is 13.1 Å². The van der Waals surface area contributed by atoms with E-state index in [0.29, 0.717) is 6.04 Å². The van der Waals surface area contributed by atoms with Crippen LogP contribution in [0.5, 0.6) is 0 Å². The zero-order chi connectivity index (χ0) is 8.27. The molecular weight excluding hydrogens is 136 g/mol. The largest absolute Gasteiger partial charge is 0.329 e. The van der Waals surface area contributed by atoms with Gasteiger partial charge in [-0.1, -0.05) is 13.3 Å². The molecule has 2 N–H and O–H groups in total. The summed E-state index contributed by atoms with van der Waals surface area (Å²) in [6.07, 6.45) is 3.88. The second-order valence-corrected chi connectivity index (χ2v) is 3.55. The lowest BCUT2D eigenvalue weighted by molar-refractivity contribution is 0.0518. The van der Waals surface area contributed by atoms with Crippen LogP contribution in [0.15, 0.2) is 0 Å². The first-order valence-corrected chi connectivity index (χ1v) is 4.75. The fraction of sp³-hybridized carbons (Fsp3) is 1.00. The molecule has 2 unspecified atom stereocenters. The Balaban J connectivity index is 2.29. The third kappa shape index (κ3) is 1.94. The second kappa shape index (κ2) is 4.07. The monoisotopic (exact) mass is 156 g/mol. The van der Waals surface area contributed by atoms with Crippen LogP contribution < -0.4 is 5.73 Å². The Hall–Kier alpha value is -0.0800. The highest BCUT2D eigenvalue weighted by Gasteiger charge is 2.28. The number of rotatable bonds is 4. The minimum absolute atomic E-state index is 0.656. The van der Waals surface area contributed by atoms with Gasteiger partial charge < -0.3 is 5.73 Å². The Bertz CT molecular complexity index is 114. The SMILES string of the molecule is CCCC(CN)N1CCC1C. The third-order valence-electron chi connectivity index (χ3n) is 2.73. The highest BCUT2D eigenvalue weighted by atomic mass is 15.2. The molecule has 0 aromatic rings. The Kier molecular flexibility index (Phi) is 3.34. The van der Waals surface area contributed by atoms with E-state index in [-0.39, 0.29) is 0 Å². The summed E-state index contributed by atoms with van der Waals surface area (Å²) in [4.78, 5) is 2.53. The molecule has 0 spiro atoms. The fourth-order valence-corrected chi connectivity index (χ4v) is 1.83. The van der Waals surface area contributed by atoms with E-state index in [4.69, 9.17) is 5.73 Å². The third-order valence-corrected chi connectivity index (χ3v) is 2.73. The van der Waals surface area contributed by atoms with E-state index in [1.54, 1.807) is 0 Å². The number of nitrogens with zero attached hydrogens (tertiary/aromatic N) is 1. The summed E-state index contributed by atoms with van der Waals surface area (Å²) in [7, 11) is 0. The molecule has 1 saturated heterocycles. The zero-order valence-electron chi connectivity index (χ0n) is 7.71. The fourth-order valence-electron chi connectivity index (χ4n) is 1.83. The molecule has 1 heterocycles. The van der Waals surface area contributed by atoms with Crippen molar-refractivity contribution in [3.05, 3.63) is 0 Å². The average Bonchev–Trinajstić information content (AvgIpc) is 2.01. The van der Waals surface area contributed by atoms with Crippen LogP contribution in [0.3, 0.4) is 0 Å². The molecular formula is C9H20N2. The minimum atomic E-state index is 0.656. The van der Waals surface area contributed by atoms with Crippen LogP contribution in [-0.4, -0.2) is 30.1 Å². The normalized spacial score (nSPS) is 28.1. The maximum absolute atomic E-state index is 5.69. The molecule has 11 heavy (non-hydrogen) atoms. The molecule has 0 bridgehead atoms. The highest BCUT2D eigenvalue weighted by Crippen LogP contribution is 2.21. The molecule has 2 atom stereocenters. The quantitative estimate of drug-likeness (QED) is 0.663. The molecule has 66 valence electrons. The first-order chi connectivity index (χ1) is 5.29. The van der Waals surface area contributed by atoms with Gasteiger partial charge in [0, 0.05) is 25.2 Å². The second-order valence-electron chi connectivity index (χ2n) is 3.55. The van der Waals surface area contributed by atoms with Crippen LogP contribution in [0.1, 0.15) is 33.1 Å². The average molecular weight is 156 g/mol. The van der Waals surface area contributed by atoms with Crippen molar-refractivity contribution >= 4 is 0 Å². The van der Waals surface area contributed by atoms with Gasteiger partial charge in [-0.15, -0.1) is 0 Å². The summed E-state index contributed by atoms with van der Waals surface area (Å²) in [6.45, 7) is 6.62. The molecule has 2 nitrogen and oxygen atoms in total. The molecule has 0 aromatic carbocycles. The van der Waals surface area contributed by atoms with Crippen molar-refractivity contribution in [3.8, 4) is 0 Å². The Morgan fingerprint density at radius 2 is 2.36 bits per heavy atom. The summed E-state index contributed by atoms with van der Waals surface area (Å²) in [6, 6.07) is 1.44. The maximum Gasteiger partial charge on any atom is 0.0221 e. The lowest BCUT2D eigenvalue weighted by Gasteiger charge is -2.44. The van der Waals surface area contributed by atoms with E-state index >= 15 is 0 Å². The van der Waals surface area contributed by atoms with Crippen molar-refractivity contribution < 1.29 is 0 Å². The van der Waals surface area contributed by atoms with E-state index < -0.39 is 0 Å². The molecule has 1 fully saturated rings. The van der Waals surface area contributed by atoms with Gasteiger partial charge in [-0.25, -0.2) is 0 Å². The Labute approximate surface area is 69.8 Å². The smallest absolute Gasteiger partial charge is 0.0221 e. The standard InChI is InChI=1S/C9H20N2/c1-3-4-9(7-10)11-6-5-8(11)2/h8-9H,3-7,10H2,1-2H3. The molecule has 0 radical (unpaired) electrons. The number of hydrogen-bond donors (Lipinski definition) is 1. The molecule has 0 amide bonds. The van der Waals surface area contributed by atoms with E-state index in [0.717, 1.165) is 12.6 Å². The first-order valence-electron chi connectivity index (χ1n) is 4.75. The van der Waals surface area contributed by atoms with Crippen LogP contribution in [0, 0.1) is 0 Å². The van der Waals surface area contributed by atoms with Crippen molar-refractivity contribution in [1.82, 2.24) is 4.90 Å². The van der Waals surface area contributed by atoms with Gasteiger partial charge in [0.25, 0.3) is 0 Å². The summed E-state index contributed by atoms with van der Waals surface area (Å²) < 4.78 is 0. The van der Waals surface area contributed by atoms with Gasteiger partial charge >= 0.3 is 0 Å². The number of hydrogen-bond acceptors (Lipinski definition) is 2. The Morgan fingerprint density at radius 1 is 1.64 bits per heavy atom. The van der Waals surface area contributed by atoms with Crippen molar-refractivity contribution in [1.29, 1.82) is 0 Å². The lowest BCUT2D eigenvalue weighted by atomic mass is 9.99. The molecule has 1 aliphatic rings. The highest BCUT2D eigenvalue weighted by molar-refractivity contribution is 4.85. The van der Waals surface area contributed by atoms with Gasteiger partial charge in [0.15, 0.2) is 0 Å². The summed E-state index contributed by atoms with van der Waals surface area (Å²) in [5.41, 5.74) is 5.69. The van der Waals surface area contributed by atoms with Crippen LogP contribution in [0.25, 0.3) is 0 Å². The van der Waals surface area contributed by atoms with Gasteiger partial charge in [0.05, 0.1) is 0 Å². The molecule has 2 heteroatoms. The minimum Gasteiger partial charge on any atom is -0.329 e. The molecule has 1 rings (SSSR count). The van der Waals surface area contributed by atoms with Crippen LogP contribution in [0.2, 0.25) is 0 Å². The number of nitrogens with two attached hydrogens (primary N) is 1. The molecule has 0 aliphatic carbocycles. The summed E-state index contributed by atoms with van der Waals surface area (Å²) >= 11 is 0. The summed E-state index contributed by atoms with van der Waals surface area (Å²) in [5.74, 6) is 0. The van der Waals surface area contributed by atoms with Gasteiger partial charge in [-0.05, 0) is 19.8 Å². The van der Waals surface area contributed by atoms with E-state index in [1.807, 2.05) is 0 Å². The first kappa shape index (κ1) is 9.01. The lowest BCUT2D eigenvalue weighted by Crippen LogP contribution is -2.54. The van der Waals surface area contributed by atoms with Crippen molar-refractivity contribution in [2.45, 2.75) is 45.2 Å². The van der Waals surface area contributed by atoms with Crippen LogP contribution >= 0.6 is 0 Å². The van der Waals surface area contributed by atoms with Gasteiger partial charge in [0.2, 0.25) is 0 Å². The maximum atomic E-state index is 5.69. The van der Waals surface area contributed by atoms with Gasteiger partial charge in [-0.2, -0.15) is 0 Å². The molecule has 1 aliphatic heterocycles. The number of likely N-dealkylation sites (tertiary alicyclic amines) is 1. The Morgan fingerprint density at radius 3 is 2.64 bits per heavy atom. The molecule has 0 aromatic heterocycles. The molecule has 0 saturated carbocycles. The topological polar surface area (TPSA) is 29.3 Å².